The number of hydrogen-bond donors (Lipinski definition) is 2. The number of rotatable bonds is 7. The lowest BCUT2D eigenvalue weighted by atomic mass is 10.1. The van der Waals surface area contributed by atoms with Gasteiger partial charge in [0.05, 0.1) is 25.0 Å². The van der Waals surface area contributed by atoms with Crippen molar-refractivity contribution in [3.05, 3.63) is 54.1 Å². The second-order valence-corrected chi connectivity index (χ2v) is 6.31. The minimum absolute atomic E-state index is 0.282. The quantitative estimate of drug-likeness (QED) is 0.340. The molecule has 180 valence electrons. The van der Waals surface area contributed by atoms with Gasteiger partial charge in [-0.15, -0.1) is 0 Å². The summed E-state index contributed by atoms with van der Waals surface area (Å²) in [5.74, 6) is -2.72. The van der Waals surface area contributed by atoms with Crippen molar-refractivity contribution in [1.29, 1.82) is 0 Å². The molecule has 0 saturated heterocycles. The number of alkyl halides is 6. The van der Waals surface area contributed by atoms with Crippen LogP contribution in [0.15, 0.2) is 48.5 Å². The minimum Gasteiger partial charge on any atom is -0.495 e. The average Bonchev–Trinajstić information content (AvgIpc) is 2.72. The smallest absolute Gasteiger partial charge is 0.460 e. The number of carbonyl (C=O) groups excluding carboxylic acids is 2. The van der Waals surface area contributed by atoms with Crippen LogP contribution in [0.5, 0.6) is 11.5 Å². The molecule has 0 aromatic heterocycles. The van der Waals surface area contributed by atoms with E-state index in [0.29, 0.717) is 12.1 Å². The molecule has 0 aliphatic carbocycles. The molecule has 0 aliphatic heterocycles. The summed E-state index contributed by atoms with van der Waals surface area (Å²) >= 11 is 0. The van der Waals surface area contributed by atoms with Gasteiger partial charge in [-0.25, -0.2) is 9.59 Å². The molecule has 2 rings (SSSR count). The van der Waals surface area contributed by atoms with Crippen LogP contribution in [0.2, 0.25) is 0 Å². The summed E-state index contributed by atoms with van der Waals surface area (Å²) in [5.41, 5.74) is -5.82. The van der Waals surface area contributed by atoms with Crippen LogP contribution < -0.4 is 20.1 Å². The highest BCUT2D eigenvalue weighted by molar-refractivity contribution is 5.95. The Labute approximate surface area is 183 Å². The first-order valence-corrected chi connectivity index (χ1v) is 9.16. The molecule has 2 aromatic rings. The number of anilines is 1. The molecule has 2 N–H and O–H groups in total. The van der Waals surface area contributed by atoms with Gasteiger partial charge in [0.15, 0.2) is 0 Å². The Kier molecular flexibility index (Phi) is 7.67. The van der Waals surface area contributed by atoms with Crippen molar-refractivity contribution in [2.75, 3.05) is 19.0 Å². The summed E-state index contributed by atoms with van der Waals surface area (Å²) in [6.45, 7) is 0.745. The topological polar surface area (TPSA) is 85.9 Å². The third-order valence-electron chi connectivity index (χ3n) is 4.04. The van der Waals surface area contributed by atoms with Crippen LogP contribution in [0.25, 0.3) is 0 Å². The van der Waals surface area contributed by atoms with E-state index in [4.69, 9.17) is 9.47 Å². The zero-order chi connectivity index (χ0) is 24.9. The number of nitrogens with one attached hydrogen (secondary N) is 2. The largest absolute Gasteiger partial charge is 0.495 e. The van der Waals surface area contributed by atoms with Crippen LogP contribution in [0.4, 0.5) is 36.8 Å². The fraction of sp³-hybridized carbons (Fsp3) is 0.300. The number of esters is 1. The van der Waals surface area contributed by atoms with Gasteiger partial charge in [-0.1, -0.05) is 18.2 Å². The van der Waals surface area contributed by atoms with Gasteiger partial charge >= 0.3 is 30.1 Å². The Morgan fingerprint density at radius 3 is 2.12 bits per heavy atom. The first-order valence-electron chi connectivity index (χ1n) is 9.16. The third-order valence-corrected chi connectivity index (χ3v) is 4.04. The van der Waals surface area contributed by atoms with Crippen molar-refractivity contribution in [2.45, 2.75) is 25.0 Å². The number of halogens is 6. The molecule has 0 aliphatic rings. The van der Waals surface area contributed by atoms with Gasteiger partial charge in [0.2, 0.25) is 0 Å². The lowest BCUT2D eigenvalue weighted by Gasteiger charge is -2.34. The predicted octanol–water partition coefficient (Wildman–Crippen LogP) is 4.74. The molecule has 2 aromatic carbocycles. The standard InChI is InChI=1S/C20H18F6N2O5/c1-3-32-16(29)18(20(24,25)26,33-13-7-5-4-6-8-13)28-17(30)27-14-11-12(19(21,22)23)9-10-15(14)31-2/h4-11H,3H2,1-2H3,(H2,27,28,30)/t18-/m0/s1. The SMILES string of the molecule is CCOC(=O)[C@](NC(=O)Nc1cc(C(F)(F)F)ccc1OC)(Oc1ccccc1)C(F)(F)F. The van der Waals surface area contributed by atoms with Crippen molar-refractivity contribution >= 4 is 17.7 Å². The lowest BCUT2D eigenvalue weighted by molar-refractivity contribution is -0.259. The molecule has 0 saturated carbocycles. The summed E-state index contributed by atoms with van der Waals surface area (Å²) in [7, 11) is 1.07. The molecular formula is C20H18F6N2O5. The van der Waals surface area contributed by atoms with E-state index in [-0.39, 0.29) is 5.75 Å². The van der Waals surface area contributed by atoms with Gasteiger partial charge in [0, 0.05) is 0 Å². The van der Waals surface area contributed by atoms with Crippen LogP contribution in [-0.2, 0) is 15.7 Å². The molecule has 33 heavy (non-hydrogen) atoms. The van der Waals surface area contributed by atoms with Crippen LogP contribution >= 0.6 is 0 Å². The van der Waals surface area contributed by atoms with Crippen LogP contribution in [-0.4, -0.2) is 37.6 Å². The Bertz CT molecular complexity index is 981. The molecular weight excluding hydrogens is 462 g/mol. The highest BCUT2D eigenvalue weighted by atomic mass is 19.4. The van der Waals surface area contributed by atoms with Crippen molar-refractivity contribution in [1.82, 2.24) is 5.32 Å². The first-order chi connectivity index (χ1) is 15.3. The first kappa shape index (κ1) is 25.6. The van der Waals surface area contributed by atoms with E-state index < -0.39 is 53.7 Å². The van der Waals surface area contributed by atoms with Crippen LogP contribution in [0, 0.1) is 0 Å². The molecule has 13 heteroatoms. The van der Waals surface area contributed by atoms with Gasteiger partial charge in [-0.2, -0.15) is 26.3 Å². The normalized spacial score (nSPS) is 13.5. The zero-order valence-corrected chi connectivity index (χ0v) is 17.1. The molecule has 0 bridgehead atoms. The maximum atomic E-state index is 14.1. The molecule has 0 heterocycles. The summed E-state index contributed by atoms with van der Waals surface area (Å²) in [4.78, 5) is 24.8. The van der Waals surface area contributed by atoms with E-state index in [2.05, 4.69) is 4.74 Å². The fourth-order valence-corrected chi connectivity index (χ4v) is 2.56. The van der Waals surface area contributed by atoms with Gasteiger partial charge in [-0.05, 0) is 37.3 Å². The van der Waals surface area contributed by atoms with Gasteiger partial charge in [0.25, 0.3) is 0 Å². The molecule has 0 unspecified atom stereocenters. The van der Waals surface area contributed by atoms with Crippen molar-refractivity contribution in [3.8, 4) is 11.5 Å². The van der Waals surface area contributed by atoms with Gasteiger partial charge in [0.1, 0.15) is 11.5 Å². The maximum Gasteiger partial charge on any atom is 0.460 e. The number of carbonyl (C=O) groups is 2. The summed E-state index contributed by atoms with van der Waals surface area (Å²) in [5, 5.41) is 3.17. The van der Waals surface area contributed by atoms with E-state index in [0.717, 1.165) is 25.3 Å². The van der Waals surface area contributed by atoms with E-state index >= 15 is 0 Å². The molecule has 1 atom stereocenters. The highest BCUT2D eigenvalue weighted by Gasteiger charge is 2.66. The summed E-state index contributed by atoms with van der Waals surface area (Å²) in [6.07, 6.45) is -10.3. The van der Waals surface area contributed by atoms with Gasteiger partial charge < -0.3 is 19.5 Å². The fourth-order valence-electron chi connectivity index (χ4n) is 2.56. The molecule has 0 fully saturated rings. The monoisotopic (exact) mass is 480 g/mol. The zero-order valence-electron chi connectivity index (χ0n) is 17.1. The second-order valence-electron chi connectivity index (χ2n) is 6.31. The van der Waals surface area contributed by atoms with Crippen molar-refractivity contribution in [2.24, 2.45) is 0 Å². The van der Waals surface area contributed by atoms with Crippen molar-refractivity contribution in [3.63, 3.8) is 0 Å². The number of benzene rings is 2. The third kappa shape index (κ3) is 5.99. The maximum absolute atomic E-state index is 14.1. The molecule has 2 amide bonds. The molecule has 0 radical (unpaired) electrons. The van der Waals surface area contributed by atoms with Crippen molar-refractivity contribution < 1.29 is 50.1 Å². The number of ether oxygens (including phenoxy) is 3. The molecule has 0 spiro atoms. The van der Waals surface area contributed by atoms with Crippen LogP contribution in [0.1, 0.15) is 12.5 Å². The predicted molar refractivity (Wildman–Crippen MR) is 103 cm³/mol. The number of methoxy groups -OCH3 is 1. The minimum atomic E-state index is -5.54. The Morgan fingerprint density at radius 2 is 1.61 bits per heavy atom. The summed E-state index contributed by atoms with van der Waals surface area (Å²) in [6, 6.07) is 6.53. The number of para-hydroxylation sites is 1. The van der Waals surface area contributed by atoms with E-state index in [1.54, 1.807) is 0 Å². The van der Waals surface area contributed by atoms with E-state index in [9.17, 15) is 35.9 Å². The Hall–Kier alpha value is -3.64. The lowest BCUT2D eigenvalue weighted by Crippen LogP contribution is -2.69. The van der Waals surface area contributed by atoms with Gasteiger partial charge in [-0.3, -0.25) is 5.32 Å². The Balaban J connectivity index is 2.46. The van der Waals surface area contributed by atoms with Crippen LogP contribution in [0.3, 0.4) is 0 Å². The summed E-state index contributed by atoms with van der Waals surface area (Å²) < 4.78 is 95.3. The number of hydrogen-bond acceptors (Lipinski definition) is 5. The average molecular weight is 480 g/mol. The number of urea groups is 1. The highest BCUT2D eigenvalue weighted by Crippen LogP contribution is 2.36. The van der Waals surface area contributed by atoms with E-state index in [1.807, 2.05) is 5.32 Å². The number of amides is 2. The second kappa shape index (κ2) is 9.88. The Morgan fingerprint density at radius 1 is 0.970 bits per heavy atom. The van der Waals surface area contributed by atoms with E-state index in [1.165, 1.54) is 30.4 Å². The molecule has 7 nitrogen and oxygen atoms in total.